The lowest BCUT2D eigenvalue weighted by molar-refractivity contribution is 0.102. The summed E-state index contributed by atoms with van der Waals surface area (Å²) < 4.78 is 13.0. The van der Waals surface area contributed by atoms with E-state index in [9.17, 15) is 9.18 Å². The van der Waals surface area contributed by atoms with Crippen molar-refractivity contribution in [1.82, 2.24) is 10.3 Å². The summed E-state index contributed by atoms with van der Waals surface area (Å²) in [6.07, 6.45) is 2.64. The van der Waals surface area contributed by atoms with E-state index < -0.39 is 0 Å². The third kappa shape index (κ3) is 4.83. The topological polar surface area (TPSA) is 57.3 Å². The Balaban J connectivity index is 1.31. The van der Waals surface area contributed by atoms with Crippen molar-refractivity contribution in [2.75, 3.05) is 23.3 Å². The van der Waals surface area contributed by atoms with Crippen molar-refractivity contribution in [1.29, 1.82) is 0 Å². The van der Waals surface area contributed by atoms with E-state index in [1.54, 1.807) is 12.3 Å². The summed E-state index contributed by atoms with van der Waals surface area (Å²) >= 11 is 0. The molecular weight excluding hydrogens is 379 g/mol. The van der Waals surface area contributed by atoms with Crippen LogP contribution in [0, 0.1) is 12.7 Å². The second-order valence-electron chi connectivity index (χ2n) is 7.61. The Kier molecular flexibility index (Phi) is 6.05. The van der Waals surface area contributed by atoms with Crippen LogP contribution in [-0.4, -0.2) is 30.0 Å². The molecule has 1 atom stereocenters. The molecule has 6 heteroatoms. The fraction of sp³-hybridized carbons (Fsp3) is 0.250. The van der Waals surface area contributed by atoms with E-state index in [1.807, 2.05) is 6.07 Å². The number of amides is 1. The first kappa shape index (κ1) is 20.0. The Morgan fingerprint density at radius 3 is 2.67 bits per heavy atom. The average molecular weight is 404 g/mol. The number of nitrogens with one attached hydrogen (secondary N) is 2. The van der Waals surface area contributed by atoms with E-state index in [4.69, 9.17) is 0 Å². The Bertz CT molecular complexity index is 1000. The van der Waals surface area contributed by atoms with Gasteiger partial charge in [0, 0.05) is 37.6 Å². The van der Waals surface area contributed by atoms with Gasteiger partial charge in [0.15, 0.2) is 0 Å². The van der Waals surface area contributed by atoms with Crippen LogP contribution in [0.1, 0.15) is 27.9 Å². The molecule has 30 heavy (non-hydrogen) atoms. The van der Waals surface area contributed by atoms with Crippen LogP contribution < -0.4 is 15.5 Å². The number of anilines is 2. The second kappa shape index (κ2) is 9.05. The van der Waals surface area contributed by atoms with Gasteiger partial charge in [-0.15, -0.1) is 0 Å². The number of nitrogens with zero attached hydrogens (tertiary/aromatic N) is 2. The molecule has 154 valence electrons. The molecule has 0 aliphatic carbocycles. The van der Waals surface area contributed by atoms with Crippen molar-refractivity contribution in [3.05, 3.63) is 89.4 Å². The van der Waals surface area contributed by atoms with Crippen molar-refractivity contribution in [3.8, 4) is 0 Å². The number of aromatic nitrogens is 1. The number of hydrogen-bond donors (Lipinski definition) is 2. The molecule has 1 saturated heterocycles. The average Bonchev–Trinajstić information content (AvgIpc) is 3.24. The maximum atomic E-state index is 13.0. The molecule has 0 bridgehead atoms. The molecule has 2 heterocycles. The van der Waals surface area contributed by atoms with Gasteiger partial charge in [-0.3, -0.25) is 4.79 Å². The Morgan fingerprint density at radius 1 is 1.13 bits per heavy atom. The summed E-state index contributed by atoms with van der Waals surface area (Å²) in [5.74, 6) is 0.268. The molecule has 5 nitrogen and oxygen atoms in total. The molecule has 1 aliphatic heterocycles. The quantitative estimate of drug-likeness (QED) is 0.648. The van der Waals surface area contributed by atoms with Crippen LogP contribution >= 0.6 is 0 Å². The molecule has 0 radical (unpaired) electrons. The molecule has 1 fully saturated rings. The molecule has 0 unspecified atom stereocenters. The van der Waals surface area contributed by atoms with Crippen LogP contribution in [0.5, 0.6) is 0 Å². The zero-order valence-corrected chi connectivity index (χ0v) is 16.9. The molecule has 0 saturated carbocycles. The van der Waals surface area contributed by atoms with Crippen LogP contribution in [0.2, 0.25) is 0 Å². The first-order chi connectivity index (χ1) is 14.6. The van der Waals surface area contributed by atoms with Gasteiger partial charge in [0.25, 0.3) is 5.91 Å². The first-order valence-electron chi connectivity index (χ1n) is 10.1. The van der Waals surface area contributed by atoms with Crippen LogP contribution in [0.25, 0.3) is 0 Å². The molecule has 1 aliphatic rings. The smallest absolute Gasteiger partial charge is 0.257 e. The van der Waals surface area contributed by atoms with Gasteiger partial charge in [0.2, 0.25) is 0 Å². The monoisotopic (exact) mass is 404 g/mol. The fourth-order valence-electron chi connectivity index (χ4n) is 3.64. The second-order valence-corrected chi connectivity index (χ2v) is 7.61. The zero-order chi connectivity index (χ0) is 20.9. The van der Waals surface area contributed by atoms with Gasteiger partial charge in [0.1, 0.15) is 11.6 Å². The summed E-state index contributed by atoms with van der Waals surface area (Å²) in [6.45, 7) is 4.82. The first-order valence-corrected chi connectivity index (χ1v) is 10.1. The number of benzene rings is 2. The number of rotatable bonds is 6. The number of carbonyl (C=O) groups is 1. The predicted molar refractivity (Wildman–Crippen MR) is 117 cm³/mol. The van der Waals surface area contributed by atoms with Gasteiger partial charge in [0.05, 0.1) is 5.56 Å². The van der Waals surface area contributed by atoms with Gasteiger partial charge in [-0.25, -0.2) is 9.37 Å². The van der Waals surface area contributed by atoms with Crippen molar-refractivity contribution >= 4 is 17.4 Å². The zero-order valence-electron chi connectivity index (χ0n) is 16.9. The third-order valence-corrected chi connectivity index (χ3v) is 5.47. The van der Waals surface area contributed by atoms with Crippen LogP contribution in [-0.2, 0) is 6.54 Å². The van der Waals surface area contributed by atoms with E-state index in [2.05, 4.69) is 51.7 Å². The Labute approximate surface area is 176 Å². The Morgan fingerprint density at radius 2 is 1.93 bits per heavy atom. The molecule has 4 rings (SSSR count). The molecule has 0 spiro atoms. The summed E-state index contributed by atoms with van der Waals surface area (Å²) in [5, 5.41) is 6.39. The summed E-state index contributed by atoms with van der Waals surface area (Å²) in [5.41, 5.74) is 3.64. The standard InChI is InChI=1S/C24H25FN4O/c1-17-4-2-3-5-18(17)14-26-22-12-13-29(16-22)23-11-6-19(15-27-23)24(30)28-21-9-7-20(25)8-10-21/h2-11,15,22,26H,12-14,16H2,1H3,(H,28,30)/t22-/m0/s1. The van der Waals surface area contributed by atoms with E-state index in [1.165, 1.54) is 35.4 Å². The minimum absolute atomic E-state index is 0.264. The number of aryl methyl sites for hydroxylation is 1. The normalized spacial score (nSPS) is 15.9. The lowest BCUT2D eigenvalue weighted by atomic mass is 10.1. The lowest BCUT2D eigenvalue weighted by Crippen LogP contribution is -2.32. The van der Waals surface area contributed by atoms with Crippen molar-refractivity contribution < 1.29 is 9.18 Å². The van der Waals surface area contributed by atoms with E-state index >= 15 is 0 Å². The van der Waals surface area contributed by atoms with Gasteiger partial charge in [-0.2, -0.15) is 0 Å². The Hall–Kier alpha value is -3.25. The number of halogens is 1. The highest BCUT2D eigenvalue weighted by molar-refractivity contribution is 6.04. The SMILES string of the molecule is Cc1ccccc1CN[C@H]1CCN(c2ccc(C(=O)Nc3ccc(F)cc3)cn2)C1. The highest BCUT2D eigenvalue weighted by Gasteiger charge is 2.23. The molecule has 3 aromatic rings. The lowest BCUT2D eigenvalue weighted by Gasteiger charge is -2.18. The van der Waals surface area contributed by atoms with E-state index in [0.29, 0.717) is 17.3 Å². The fourth-order valence-corrected chi connectivity index (χ4v) is 3.64. The van der Waals surface area contributed by atoms with Gasteiger partial charge < -0.3 is 15.5 Å². The minimum Gasteiger partial charge on any atom is -0.355 e. The maximum absolute atomic E-state index is 13.0. The third-order valence-electron chi connectivity index (χ3n) is 5.47. The van der Waals surface area contributed by atoms with Crippen LogP contribution in [0.4, 0.5) is 15.9 Å². The summed E-state index contributed by atoms with van der Waals surface area (Å²) in [6, 6.07) is 18.2. The molecular formula is C24H25FN4O. The number of hydrogen-bond acceptors (Lipinski definition) is 4. The summed E-state index contributed by atoms with van der Waals surface area (Å²) in [7, 11) is 0. The van der Waals surface area contributed by atoms with Crippen LogP contribution in [0.15, 0.2) is 66.9 Å². The maximum Gasteiger partial charge on any atom is 0.257 e. The number of pyridine rings is 1. The molecule has 1 aromatic heterocycles. The van der Waals surface area contributed by atoms with E-state index in [-0.39, 0.29) is 11.7 Å². The van der Waals surface area contributed by atoms with Gasteiger partial charge in [-0.1, -0.05) is 24.3 Å². The van der Waals surface area contributed by atoms with Crippen molar-refractivity contribution in [2.45, 2.75) is 25.9 Å². The molecule has 2 N–H and O–H groups in total. The van der Waals surface area contributed by atoms with Crippen molar-refractivity contribution in [2.24, 2.45) is 0 Å². The molecule has 2 aromatic carbocycles. The number of carbonyl (C=O) groups excluding carboxylic acids is 1. The van der Waals surface area contributed by atoms with Gasteiger partial charge >= 0.3 is 0 Å². The predicted octanol–water partition coefficient (Wildman–Crippen LogP) is 4.15. The summed E-state index contributed by atoms with van der Waals surface area (Å²) in [4.78, 5) is 19.1. The highest BCUT2D eigenvalue weighted by Crippen LogP contribution is 2.19. The highest BCUT2D eigenvalue weighted by atomic mass is 19.1. The van der Waals surface area contributed by atoms with Gasteiger partial charge in [-0.05, 0) is 60.9 Å². The largest absolute Gasteiger partial charge is 0.355 e. The van der Waals surface area contributed by atoms with E-state index in [0.717, 1.165) is 31.9 Å². The molecule has 1 amide bonds. The van der Waals surface area contributed by atoms with Crippen LogP contribution in [0.3, 0.4) is 0 Å². The van der Waals surface area contributed by atoms with Crippen molar-refractivity contribution in [3.63, 3.8) is 0 Å². The minimum atomic E-state index is -0.337.